The summed E-state index contributed by atoms with van der Waals surface area (Å²) in [6.45, 7) is 10.3. The lowest BCUT2D eigenvalue weighted by molar-refractivity contribution is -0.139. The summed E-state index contributed by atoms with van der Waals surface area (Å²) in [5.74, 6) is 0.728. The maximum atomic E-state index is 11.3. The van der Waals surface area contributed by atoms with E-state index in [0.717, 1.165) is 37.0 Å². The predicted octanol–water partition coefficient (Wildman–Crippen LogP) is 11.0. The third-order valence-corrected chi connectivity index (χ3v) is 7.91. The first kappa shape index (κ1) is 31.7. The van der Waals surface area contributed by atoms with Gasteiger partial charge in [-0.3, -0.25) is 0 Å². The molecule has 3 aromatic rings. The Kier molecular flexibility index (Phi) is 14.1. The van der Waals surface area contributed by atoms with E-state index >= 15 is 0 Å². The Bertz CT molecular complexity index is 1190. The van der Waals surface area contributed by atoms with Gasteiger partial charge >= 0.3 is 5.97 Å². The van der Waals surface area contributed by atoms with Gasteiger partial charge in [0.15, 0.2) is 0 Å². The maximum Gasteiger partial charge on any atom is 0.333 e. The lowest BCUT2D eigenvalue weighted by Crippen LogP contribution is -2.05. The number of fused-ring (bicyclic) bond motifs is 1. The summed E-state index contributed by atoms with van der Waals surface area (Å²) in [4.78, 5) is 11.3. The molecule has 0 radical (unpaired) electrons. The summed E-state index contributed by atoms with van der Waals surface area (Å²) >= 11 is 0. The molecule has 3 nitrogen and oxygen atoms in total. The standard InChI is InChI=1S/C37H52O3/c1-5-7-16-19-30-22-24-34(32(6-2)26-30)36-28-33-23-21-31(27-35(33)40-36)20-17-14-12-10-8-9-11-13-15-18-25-39-37(38)29(3)4/h21-24,26-28H,3,5-20,25H2,1-2,4H3. The van der Waals surface area contributed by atoms with Gasteiger partial charge in [0.2, 0.25) is 0 Å². The fraction of sp³-hybridized carbons (Fsp3) is 0.541. The molecule has 1 aromatic heterocycles. The molecule has 3 rings (SSSR count). The molecule has 40 heavy (non-hydrogen) atoms. The minimum absolute atomic E-state index is 0.268. The van der Waals surface area contributed by atoms with E-state index in [9.17, 15) is 4.79 Å². The largest absolute Gasteiger partial charge is 0.462 e. The van der Waals surface area contributed by atoms with Gasteiger partial charge in [-0.05, 0) is 74.3 Å². The van der Waals surface area contributed by atoms with Crippen LogP contribution in [0.3, 0.4) is 0 Å². The van der Waals surface area contributed by atoms with Crippen molar-refractivity contribution in [2.45, 2.75) is 124 Å². The van der Waals surface area contributed by atoms with E-state index < -0.39 is 0 Å². The summed E-state index contributed by atoms with van der Waals surface area (Å²) in [6, 6.07) is 15.9. The Hall–Kier alpha value is -2.81. The van der Waals surface area contributed by atoms with Crippen molar-refractivity contribution in [2.24, 2.45) is 0 Å². The van der Waals surface area contributed by atoms with Crippen molar-refractivity contribution in [1.29, 1.82) is 0 Å². The molecule has 0 bridgehead atoms. The normalized spacial score (nSPS) is 11.3. The minimum Gasteiger partial charge on any atom is -0.462 e. The van der Waals surface area contributed by atoms with Crippen molar-refractivity contribution in [2.75, 3.05) is 6.61 Å². The smallest absolute Gasteiger partial charge is 0.333 e. The molecule has 0 fully saturated rings. The Labute approximate surface area is 243 Å². The second-order valence-corrected chi connectivity index (χ2v) is 11.5. The van der Waals surface area contributed by atoms with Crippen LogP contribution in [0.1, 0.15) is 121 Å². The minimum atomic E-state index is -0.268. The molecular formula is C37H52O3. The molecule has 0 atom stereocenters. The zero-order valence-corrected chi connectivity index (χ0v) is 25.5. The Morgan fingerprint density at radius 1 is 0.750 bits per heavy atom. The van der Waals surface area contributed by atoms with Crippen LogP contribution in [-0.2, 0) is 28.8 Å². The first-order valence-corrected chi connectivity index (χ1v) is 16.0. The fourth-order valence-corrected chi connectivity index (χ4v) is 5.41. The van der Waals surface area contributed by atoms with E-state index in [2.05, 4.69) is 62.9 Å². The highest BCUT2D eigenvalue weighted by molar-refractivity contribution is 5.87. The maximum absolute atomic E-state index is 11.3. The summed E-state index contributed by atoms with van der Waals surface area (Å²) < 4.78 is 11.5. The van der Waals surface area contributed by atoms with Crippen LogP contribution in [0, 0.1) is 0 Å². The van der Waals surface area contributed by atoms with Gasteiger partial charge < -0.3 is 9.15 Å². The summed E-state index contributed by atoms with van der Waals surface area (Å²) in [6.07, 6.45) is 19.6. The number of carbonyl (C=O) groups excluding carboxylic acids is 1. The Balaban J connectivity index is 1.33. The number of rotatable bonds is 20. The van der Waals surface area contributed by atoms with E-state index in [1.807, 2.05) is 0 Å². The molecule has 0 spiro atoms. The number of ether oxygens (including phenoxy) is 1. The molecule has 2 aromatic carbocycles. The van der Waals surface area contributed by atoms with Crippen LogP contribution < -0.4 is 0 Å². The van der Waals surface area contributed by atoms with Crippen molar-refractivity contribution >= 4 is 16.9 Å². The highest BCUT2D eigenvalue weighted by Crippen LogP contribution is 2.32. The van der Waals surface area contributed by atoms with Gasteiger partial charge in [0.25, 0.3) is 0 Å². The van der Waals surface area contributed by atoms with Crippen LogP contribution in [0.4, 0.5) is 0 Å². The van der Waals surface area contributed by atoms with Crippen LogP contribution in [0.2, 0.25) is 0 Å². The van der Waals surface area contributed by atoms with E-state index in [4.69, 9.17) is 9.15 Å². The third kappa shape index (κ3) is 10.6. The van der Waals surface area contributed by atoms with Gasteiger partial charge in [-0.1, -0.05) is 115 Å². The van der Waals surface area contributed by atoms with Gasteiger partial charge in [0.05, 0.1) is 6.61 Å². The van der Waals surface area contributed by atoms with Crippen molar-refractivity contribution < 1.29 is 13.9 Å². The van der Waals surface area contributed by atoms with Crippen LogP contribution in [0.5, 0.6) is 0 Å². The monoisotopic (exact) mass is 544 g/mol. The van der Waals surface area contributed by atoms with E-state index in [1.54, 1.807) is 6.92 Å². The summed E-state index contributed by atoms with van der Waals surface area (Å²) in [7, 11) is 0. The van der Waals surface area contributed by atoms with Gasteiger partial charge in [-0.25, -0.2) is 4.79 Å². The second-order valence-electron chi connectivity index (χ2n) is 11.5. The van der Waals surface area contributed by atoms with Gasteiger partial charge in [-0.2, -0.15) is 0 Å². The number of carbonyl (C=O) groups is 1. The number of furan rings is 1. The molecule has 1 heterocycles. The number of benzene rings is 2. The average molecular weight is 545 g/mol. The number of esters is 1. The molecule has 0 unspecified atom stereocenters. The first-order valence-electron chi connectivity index (χ1n) is 16.0. The van der Waals surface area contributed by atoms with Crippen LogP contribution in [-0.4, -0.2) is 12.6 Å². The van der Waals surface area contributed by atoms with E-state index in [-0.39, 0.29) is 5.97 Å². The molecule has 0 saturated carbocycles. The number of unbranched alkanes of at least 4 members (excludes halogenated alkanes) is 11. The highest BCUT2D eigenvalue weighted by Gasteiger charge is 2.11. The van der Waals surface area contributed by atoms with Crippen LogP contribution in [0.15, 0.2) is 59.0 Å². The lowest BCUT2D eigenvalue weighted by atomic mass is 9.97. The Morgan fingerprint density at radius 2 is 1.35 bits per heavy atom. The summed E-state index contributed by atoms with van der Waals surface area (Å²) in [5, 5.41) is 1.20. The van der Waals surface area contributed by atoms with Crippen molar-refractivity contribution in [1.82, 2.24) is 0 Å². The molecule has 3 heteroatoms. The summed E-state index contributed by atoms with van der Waals surface area (Å²) in [5.41, 5.74) is 6.94. The van der Waals surface area contributed by atoms with E-state index in [0.29, 0.717) is 12.2 Å². The number of aryl methyl sites for hydroxylation is 3. The fourth-order valence-electron chi connectivity index (χ4n) is 5.41. The van der Waals surface area contributed by atoms with Crippen LogP contribution in [0.25, 0.3) is 22.3 Å². The zero-order chi connectivity index (χ0) is 28.6. The zero-order valence-electron chi connectivity index (χ0n) is 25.5. The molecule has 218 valence electrons. The van der Waals surface area contributed by atoms with Crippen molar-refractivity contribution in [3.63, 3.8) is 0 Å². The SMILES string of the molecule is C=C(C)C(=O)OCCCCCCCCCCCCc1ccc2cc(-c3ccc(CCCCC)cc3CC)oc2c1. The topological polar surface area (TPSA) is 39.4 Å². The molecule has 0 amide bonds. The predicted molar refractivity (Wildman–Crippen MR) is 170 cm³/mol. The molecule has 0 aliphatic heterocycles. The van der Waals surface area contributed by atoms with Gasteiger partial charge in [-0.15, -0.1) is 0 Å². The molecule has 0 saturated heterocycles. The quantitative estimate of drug-likeness (QED) is 0.0806. The number of hydrogen-bond donors (Lipinski definition) is 0. The molecular weight excluding hydrogens is 492 g/mol. The van der Waals surface area contributed by atoms with Crippen molar-refractivity contribution in [3.05, 3.63) is 71.3 Å². The first-order chi connectivity index (χ1) is 19.5. The van der Waals surface area contributed by atoms with Gasteiger partial charge in [0, 0.05) is 16.5 Å². The van der Waals surface area contributed by atoms with Crippen LogP contribution >= 0.6 is 0 Å². The highest BCUT2D eigenvalue weighted by atomic mass is 16.5. The molecule has 0 aliphatic carbocycles. The number of hydrogen-bond acceptors (Lipinski definition) is 3. The Morgan fingerprint density at radius 3 is 2.00 bits per heavy atom. The average Bonchev–Trinajstić information content (AvgIpc) is 3.38. The molecule has 0 aliphatic rings. The second kappa shape index (κ2) is 17.8. The molecule has 0 N–H and O–H groups in total. The lowest BCUT2D eigenvalue weighted by Gasteiger charge is -2.09. The third-order valence-electron chi connectivity index (χ3n) is 7.91. The van der Waals surface area contributed by atoms with Crippen molar-refractivity contribution in [3.8, 4) is 11.3 Å². The van der Waals surface area contributed by atoms with Gasteiger partial charge in [0.1, 0.15) is 11.3 Å². The van der Waals surface area contributed by atoms with E-state index in [1.165, 1.54) is 105 Å².